The molecule has 1 N–H and O–H groups in total. The fourth-order valence-corrected chi connectivity index (χ4v) is 4.25. The van der Waals surface area contributed by atoms with E-state index in [2.05, 4.69) is 9.88 Å². The van der Waals surface area contributed by atoms with E-state index >= 15 is 0 Å². The first-order valence-electron chi connectivity index (χ1n) is 9.27. The zero-order valence-electron chi connectivity index (χ0n) is 15.1. The molecule has 0 radical (unpaired) electrons. The molecule has 0 spiro atoms. The van der Waals surface area contributed by atoms with Crippen LogP contribution in [0.1, 0.15) is 37.9 Å². The van der Waals surface area contributed by atoms with Crippen molar-refractivity contribution in [3.8, 4) is 5.75 Å². The van der Waals surface area contributed by atoms with Crippen LogP contribution in [0.2, 0.25) is 0 Å². The van der Waals surface area contributed by atoms with Gasteiger partial charge in [-0.2, -0.15) is 13.2 Å². The maximum absolute atomic E-state index is 13.7. The summed E-state index contributed by atoms with van der Waals surface area (Å²) in [5, 5.41) is 11.2. The maximum Gasteiger partial charge on any atom is 0.435 e. The molecule has 3 aromatic rings. The van der Waals surface area contributed by atoms with E-state index in [1.807, 2.05) is 6.92 Å². The first-order chi connectivity index (χ1) is 12.9. The minimum atomic E-state index is -4.54. The average Bonchev–Trinajstić information content (AvgIpc) is 2.95. The molecule has 0 aliphatic carbocycles. The number of phenols is 1. The molecular weight excluding hydrogens is 355 g/mol. The summed E-state index contributed by atoms with van der Waals surface area (Å²) >= 11 is 0. The van der Waals surface area contributed by atoms with Gasteiger partial charge in [0, 0.05) is 35.6 Å². The van der Waals surface area contributed by atoms with Crippen molar-refractivity contribution in [1.29, 1.82) is 0 Å². The molecule has 3 heterocycles. The standard InChI is InChI=1S/C20H22F3N3O/c1-13(12-25-9-3-2-4-10-25)26-17-11-14(27)5-6-15(17)16-7-8-24-19(18(16)26)20(21,22)23/h5-8,11,13,27H,2-4,9-10,12H2,1H3. The predicted molar refractivity (Wildman–Crippen MR) is 98.9 cm³/mol. The second kappa shape index (κ2) is 6.71. The number of nitrogens with zero attached hydrogens (tertiary/aromatic N) is 3. The lowest BCUT2D eigenvalue weighted by molar-refractivity contribution is -0.140. The number of rotatable bonds is 3. The fourth-order valence-electron chi connectivity index (χ4n) is 4.25. The Morgan fingerprint density at radius 3 is 2.56 bits per heavy atom. The quantitative estimate of drug-likeness (QED) is 0.701. The van der Waals surface area contributed by atoms with Gasteiger partial charge in [-0.1, -0.05) is 6.42 Å². The Labute approximate surface area is 155 Å². The Morgan fingerprint density at radius 1 is 1.11 bits per heavy atom. The van der Waals surface area contributed by atoms with E-state index in [0.29, 0.717) is 22.8 Å². The van der Waals surface area contributed by atoms with Crippen molar-refractivity contribution in [2.75, 3.05) is 19.6 Å². The number of phenolic OH excluding ortho intramolecular Hbond substituents is 1. The van der Waals surface area contributed by atoms with Gasteiger partial charge in [-0.15, -0.1) is 0 Å². The summed E-state index contributed by atoms with van der Waals surface area (Å²) in [6, 6.07) is 6.16. The molecule has 0 saturated carbocycles. The fraction of sp³-hybridized carbons (Fsp3) is 0.450. The second-order valence-electron chi connectivity index (χ2n) is 7.34. The zero-order chi connectivity index (χ0) is 19.2. The highest BCUT2D eigenvalue weighted by molar-refractivity contribution is 6.09. The average molecular weight is 377 g/mol. The van der Waals surface area contributed by atoms with Gasteiger partial charge in [-0.05, 0) is 51.1 Å². The van der Waals surface area contributed by atoms with E-state index in [1.165, 1.54) is 18.7 Å². The molecular formula is C20H22F3N3O. The van der Waals surface area contributed by atoms with Crippen LogP contribution in [0.15, 0.2) is 30.5 Å². The Bertz CT molecular complexity index is 974. The van der Waals surface area contributed by atoms with Gasteiger partial charge in [0.2, 0.25) is 0 Å². The Balaban J connectivity index is 1.93. The van der Waals surface area contributed by atoms with Crippen molar-refractivity contribution in [2.45, 2.75) is 38.4 Å². The second-order valence-corrected chi connectivity index (χ2v) is 7.34. The van der Waals surface area contributed by atoms with Crippen LogP contribution in [0.4, 0.5) is 13.2 Å². The molecule has 4 rings (SSSR count). The van der Waals surface area contributed by atoms with Gasteiger partial charge >= 0.3 is 6.18 Å². The lowest BCUT2D eigenvalue weighted by atomic mass is 10.1. The van der Waals surface area contributed by atoms with Gasteiger partial charge in [0.15, 0.2) is 5.69 Å². The summed E-state index contributed by atoms with van der Waals surface area (Å²) in [5.74, 6) is 0.0400. The molecule has 1 atom stereocenters. The van der Waals surface area contributed by atoms with E-state index in [1.54, 1.807) is 22.8 Å². The number of fused-ring (bicyclic) bond motifs is 3. The van der Waals surface area contributed by atoms with Crippen LogP contribution >= 0.6 is 0 Å². The Hall–Kier alpha value is -2.28. The van der Waals surface area contributed by atoms with Crippen LogP contribution < -0.4 is 0 Å². The van der Waals surface area contributed by atoms with Crippen molar-refractivity contribution in [3.63, 3.8) is 0 Å². The highest BCUT2D eigenvalue weighted by Crippen LogP contribution is 2.40. The third-order valence-electron chi connectivity index (χ3n) is 5.38. The van der Waals surface area contributed by atoms with Gasteiger partial charge < -0.3 is 14.6 Å². The summed E-state index contributed by atoms with van der Waals surface area (Å²) < 4.78 is 42.8. The van der Waals surface area contributed by atoms with Crippen molar-refractivity contribution in [1.82, 2.24) is 14.5 Å². The summed E-state index contributed by atoms with van der Waals surface area (Å²) in [6.07, 6.45) is 0.109. The van der Waals surface area contributed by atoms with Gasteiger partial charge in [0.1, 0.15) is 5.75 Å². The number of alkyl halides is 3. The minimum Gasteiger partial charge on any atom is -0.508 e. The molecule has 27 heavy (non-hydrogen) atoms. The molecule has 1 aliphatic heterocycles. The third-order valence-corrected chi connectivity index (χ3v) is 5.38. The number of hydrogen-bond acceptors (Lipinski definition) is 3. The highest BCUT2D eigenvalue weighted by Gasteiger charge is 2.37. The highest BCUT2D eigenvalue weighted by atomic mass is 19.4. The molecule has 1 aliphatic rings. The van der Waals surface area contributed by atoms with Crippen LogP contribution in [-0.2, 0) is 6.18 Å². The molecule has 1 aromatic carbocycles. The number of piperidine rings is 1. The molecule has 2 aromatic heterocycles. The number of benzene rings is 1. The summed E-state index contributed by atoms with van der Waals surface area (Å²) in [7, 11) is 0. The van der Waals surface area contributed by atoms with Gasteiger partial charge in [0.05, 0.1) is 11.0 Å². The maximum atomic E-state index is 13.7. The first-order valence-corrected chi connectivity index (χ1v) is 9.27. The topological polar surface area (TPSA) is 41.3 Å². The van der Waals surface area contributed by atoms with E-state index < -0.39 is 11.9 Å². The van der Waals surface area contributed by atoms with Crippen molar-refractivity contribution >= 4 is 21.8 Å². The number of likely N-dealkylation sites (tertiary alicyclic amines) is 1. The van der Waals surface area contributed by atoms with Crippen LogP contribution in [0.5, 0.6) is 5.75 Å². The molecule has 1 fully saturated rings. The van der Waals surface area contributed by atoms with Crippen molar-refractivity contribution in [2.24, 2.45) is 0 Å². The van der Waals surface area contributed by atoms with E-state index in [-0.39, 0.29) is 17.3 Å². The van der Waals surface area contributed by atoms with Crippen LogP contribution in [0, 0.1) is 0 Å². The molecule has 1 saturated heterocycles. The van der Waals surface area contributed by atoms with Gasteiger partial charge in [-0.3, -0.25) is 0 Å². The van der Waals surface area contributed by atoms with Crippen LogP contribution in [0.3, 0.4) is 0 Å². The molecule has 1 unspecified atom stereocenters. The molecule has 4 nitrogen and oxygen atoms in total. The molecule has 144 valence electrons. The lowest BCUT2D eigenvalue weighted by Crippen LogP contribution is -2.34. The first kappa shape index (κ1) is 18.1. The van der Waals surface area contributed by atoms with Gasteiger partial charge in [0.25, 0.3) is 0 Å². The minimum absolute atomic E-state index is 0.0400. The third kappa shape index (κ3) is 3.25. The Morgan fingerprint density at radius 2 is 1.85 bits per heavy atom. The largest absolute Gasteiger partial charge is 0.508 e. The number of hydrogen-bond donors (Lipinski definition) is 1. The van der Waals surface area contributed by atoms with Crippen molar-refractivity contribution < 1.29 is 18.3 Å². The smallest absolute Gasteiger partial charge is 0.435 e. The summed E-state index contributed by atoms with van der Waals surface area (Å²) in [5.41, 5.74) is -0.177. The monoisotopic (exact) mass is 377 g/mol. The SMILES string of the molecule is CC(CN1CCCCC1)n1c2cc(O)ccc2c2ccnc(C(F)(F)F)c21. The number of aromatic nitrogens is 2. The Kier molecular flexibility index (Phi) is 4.50. The van der Waals surface area contributed by atoms with E-state index in [4.69, 9.17) is 0 Å². The molecule has 7 heteroatoms. The number of aromatic hydroxyl groups is 1. The van der Waals surface area contributed by atoms with Crippen LogP contribution in [-0.4, -0.2) is 39.2 Å². The zero-order valence-corrected chi connectivity index (χ0v) is 15.1. The van der Waals surface area contributed by atoms with E-state index in [9.17, 15) is 18.3 Å². The summed E-state index contributed by atoms with van der Waals surface area (Å²) in [4.78, 5) is 5.97. The summed E-state index contributed by atoms with van der Waals surface area (Å²) in [6.45, 7) is 4.54. The van der Waals surface area contributed by atoms with Crippen molar-refractivity contribution in [3.05, 3.63) is 36.2 Å². The molecule has 0 bridgehead atoms. The van der Waals surface area contributed by atoms with Crippen LogP contribution in [0.25, 0.3) is 21.8 Å². The lowest BCUT2D eigenvalue weighted by Gasteiger charge is -2.30. The van der Waals surface area contributed by atoms with Gasteiger partial charge in [-0.25, -0.2) is 4.98 Å². The predicted octanol–water partition coefficient (Wildman–Crippen LogP) is 4.96. The van der Waals surface area contributed by atoms with E-state index in [0.717, 1.165) is 25.9 Å². The molecule has 0 amide bonds. The number of pyridine rings is 1. The number of halogens is 3. The normalized spacial score (nSPS) is 17.6.